The lowest BCUT2D eigenvalue weighted by atomic mass is 10.1. The largest absolute Gasteiger partial charge is 0.481 e. The highest BCUT2D eigenvalue weighted by atomic mass is 16.5. The highest BCUT2D eigenvalue weighted by Gasteiger charge is 2.30. The van der Waals surface area contributed by atoms with Crippen LogP contribution in [0.2, 0.25) is 0 Å². The van der Waals surface area contributed by atoms with E-state index in [9.17, 15) is 9.59 Å². The van der Waals surface area contributed by atoms with E-state index in [4.69, 9.17) is 9.84 Å². The van der Waals surface area contributed by atoms with Crippen molar-refractivity contribution in [3.63, 3.8) is 0 Å². The Morgan fingerprint density at radius 1 is 1.33 bits per heavy atom. The second kappa shape index (κ2) is 6.04. The zero-order valence-electron chi connectivity index (χ0n) is 10.4. The summed E-state index contributed by atoms with van der Waals surface area (Å²) in [6.45, 7) is 1.26. The summed E-state index contributed by atoms with van der Waals surface area (Å²) in [6, 6.07) is -0.236. The first-order chi connectivity index (χ1) is 8.66. The maximum atomic E-state index is 12.1. The Kier molecular flexibility index (Phi) is 4.41. The monoisotopic (exact) mass is 256 g/mol. The summed E-state index contributed by atoms with van der Waals surface area (Å²) < 4.78 is 5.25. The standard InChI is InChI=1S/C12H20N2O4/c15-11(16)7-10-8-18-6-5-14(10)12(17)13-9-3-1-2-4-9/h9-10H,1-8H2,(H,13,17)(H,15,16). The number of urea groups is 1. The van der Waals surface area contributed by atoms with Crippen molar-refractivity contribution in [2.45, 2.75) is 44.2 Å². The number of hydrogen-bond donors (Lipinski definition) is 2. The van der Waals surface area contributed by atoms with Gasteiger partial charge in [0, 0.05) is 12.6 Å². The molecule has 0 radical (unpaired) electrons. The van der Waals surface area contributed by atoms with Gasteiger partial charge in [0.1, 0.15) is 0 Å². The van der Waals surface area contributed by atoms with Crippen LogP contribution in [0, 0.1) is 0 Å². The summed E-state index contributed by atoms with van der Waals surface area (Å²) in [5.41, 5.74) is 0. The number of carbonyl (C=O) groups is 2. The van der Waals surface area contributed by atoms with Gasteiger partial charge in [0.15, 0.2) is 0 Å². The van der Waals surface area contributed by atoms with E-state index in [0.29, 0.717) is 19.8 Å². The molecule has 1 aliphatic heterocycles. The van der Waals surface area contributed by atoms with E-state index in [1.807, 2.05) is 0 Å². The van der Waals surface area contributed by atoms with Gasteiger partial charge in [0.2, 0.25) is 0 Å². The number of morpholine rings is 1. The Morgan fingerprint density at radius 3 is 2.72 bits per heavy atom. The fourth-order valence-corrected chi connectivity index (χ4v) is 2.62. The third-order valence-electron chi connectivity index (χ3n) is 3.58. The molecule has 1 heterocycles. The van der Waals surface area contributed by atoms with Gasteiger partial charge in [-0.1, -0.05) is 12.8 Å². The quantitative estimate of drug-likeness (QED) is 0.783. The molecule has 102 valence electrons. The van der Waals surface area contributed by atoms with Gasteiger partial charge in [-0.3, -0.25) is 4.79 Å². The van der Waals surface area contributed by atoms with Crippen LogP contribution in [0.4, 0.5) is 4.79 Å². The third-order valence-corrected chi connectivity index (χ3v) is 3.58. The minimum Gasteiger partial charge on any atom is -0.481 e. The molecule has 0 bridgehead atoms. The molecule has 6 heteroatoms. The molecule has 0 aromatic rings. The van der Waals surface area contributed by atoms with Gasteiger partial charge in [-0.15, -0.1) is 0 Å². The van der Waals surface area contributed by atoms with Crippen molar-refractivity contribution in [2.24, 2.45) is 0 Å². The average molecular weight is 256 g/mol. The molecule has 2 rings (SSSR count). The number of carbonyl (C=O) groups excluding carboxylic acids is 1. The maximum absolute atomic E-state index is 12.1. The van der Waals surface area contributed by atoms with Gasteiger partial charge in [0.05, 0.1) is 25.7 Å². The number of carboxylic acid groups (broad SMARTS) is 1. The first-order valence-electron chi connectivity index (χ1n) is 6.53. The molecule has 2 fully saturated rings. The van der Waals surface area contributed by atoms with Crippen molar-refractivity contribution in [1.29, 1.82) is 0 Å². The van der Waals surface area contributed by atoms with Crippen LogP contribution in [-0.4, -0.2) is 53.8 Å². The molecule has 1 saturated heterocycles. The average Bonchev–Trinajstić information content (AvgIpc) is 2.81. The van der Waals surface area contributed by atoms with E-state index in [0.717, 1.165) is 25.7 Å². The van der Waals surface area contributed by atoms with Crippen LogP contribution in [0.5, 0.6) is 0 Å². The lowest BCUT2D eigenvalue weighted by molar-refractivity contribution is -0.139. The molecular weight excluding hydrogens is 236 g/mol. The molecule has 2 aliphatic rings. The van der Waals surface area contributed by atoms with Crippen molar-refractivity contribution in [1.82, 2.24) is 10.2 Å². The van der Waals surface area contributed by atoms with Crippen LogP contribution in [0.3, 0.4) is 0 Å². The molecule has 18 heavy (non-hydrogen) atoms. The highest BCUT2D eigenvalue weighted by Crippen LogP contribution is 2.19. The number of aliphatic carboxylic acids is 1. The van der Waals surface area contributed by atoms with E-state index >= 15 is 0 Å². The maximum Gasteiger partial charge on any atom is 0.318 e. The zero-order valence-corrected chi connectivity index (χ0v) is 10.4. The number of nitrogens with zero attached hydrogens (tertiary/aromatic N) is 1. The second-order valence-corrected chi connectivity index (χ2v) is 4.95. The topological polar surface area (TPSA) is 78.9 Å². The number of rotatable bonds is 3. The molecule has 1 unspecified atom stereocenters. The lowest BCUT2D eigenvalue weighted by Crippen LogP contribution is -2.54. The minimum atomic E-state index is -0.899. The Balaban J connectivity index is 1.90. The van der Waals surface area contributed by atoms with Crippen LogP contribution < -0.4 is 5.32 Å². The second-order valence-electron chi connectivity index (χ2n) is 4.95. The fourth-order valence-electron chi connectivity index (χ4n) is 2.62. The summed E-state index contributed by atoms with van der Waals surface area (Å²) in [4.78, 5) is 24.5. The molecule has 2 N–H and O–H groups in total. The van der Waals surface area contributed by atoms with Gasteiger partial charge in [-0.05, 0) is 12.8 Å². The number of ether oxygens (including phenoxy) is 1. The predicted octanol–water partition coefficient (Wildman–Crippen LogP) is 0.814. The summed E-state index contributed by atoms with van der Waals surface area (Å²) in [7, 11) is 0. The Bertz CT molecular complexity index is 315. The van der Waals surface area contributed by atoms with Crippen LogP contribution >= 0.6 is 0 Å². The minimum absolute atomic E-state index is 0.0575. The molecule has 1 saturated carbocycles. The van der Waals surface area contributed by atoms with Gasteiger partial charge in [0.25, 0.3) is 0 Å². The van der Waals surface area contributed by atoms with Crippen LogP contribution in [0.25, 0.3) is 0 Å². The zero-order chi connectivity index (χ0) is 13.0. The number of carboxylic acids is 1. The summed E-state index contributed by atoms with van der Waals surface area (Å²) in [5.74, 6) is -0.899. The fraction of sp³-hybridized carbons (Fsp3) is 0.833. The first-order valence-corrected chi connectivity index (χ1v) is 6.53. The first kappa shape index (κ1) is 13.1. The molecular formula is C12H20N2O4. The van der Waals surface area contributed by atoms with Gasteiger partial charge < -0.3 is 20.1 Å². The predicted molar refractivity (Wildman–Crippen MR) is 64.4 cm³/mol. The smallest absolute Gasteiger partial charge is 0.318 e. The Morgan fingerprint density at radius 2 is 2.06 bits per heavy atom. The van der Waals surface area contributed by atoms with Crippen molar-refractivity contribution in [3.8, 4) is 0 Å². The highest BCUT2D eigenvalue weighted by molar-refractivity contribution is 5.76. The van der Waals surface area contributed by atoms with E-state index in [1.165, 1.54) is 0 Å². The number of hydrogen-bond acceptors (Lipinski definition) is 3. The van der Waals surface area contributed by atoms with E-state index in [-0.39, 0.29) is 24.5 Å². The van der Waals surface area contributed by atoms with Crippen molar-refractivity contribution in [2.75, 3.05) is 19.8 Å². The normalized spacial score (nSPS) is 25.1. The summed E-state index contributed by atoms with van der Waals surface area (Å²) >= 11 is 0. The van der Waals surface area contributed by atoms with Crippen LogP contribution in [-0.2, 0) is 9.53 Å². The van der Waals surface area contributed by atoms with Crippen LogP contribution in [0.1, 0.15) is 32.1 Å². The molecule has 0 spiro atoms. The molecule has 0 aromatic heterocycles. The van der Waals surface area contributed by atoms with E-state index in [2.05, 4.69) is 5.32 Å². The molecule has 0 aromatic carbocycles. The van der Waals surface area contributed by atoms with E-state index < -0.39 is 5.97 Å². The van der Waals surface area contributed by atoms with Crippen molar-refractivity contribution in [3.05, 3.63) is 0 Å². The van der Waals surface area contributed by atoms with Crippen molar-refractivity contribution >= 4 is 12.0 Å². The number of amides is 2. The van der Waals surface area contributed by atoms with Crippen molar-refractivity contribution < 1.29 is 19.4 Å². The third kappa shape index (κ3) is 3.35. The lowest BCUT2D eigenvalue weighted by Gasteiger charge is -2.35. The van der Waals surface area contributed by atoms with Crippen LogP contribution in [0.15, 0.2) is 0 Å². The molecule has 6 nitrogen and oxygen atoms in total. The molecule has 2 amide bonds. The Hall–Kier alpha value is -1.30. The SMILES string of the molecule is O=C(O)CC1COCCN1C(=O)NC1CCCC1. The number of nitrogens with one attached hydrogen (secondary N) is 1. The Labute approximate surface area is 106 Å². The van der Waals surface area contributed by atoms with Gasteiger partial charge >= 0.3 is 12.0 Å². The summed E-state index contributed by atoms with van der Waals surface area (Å²) in [5, 5.41) is 11.8. The van der Waals surface area contributed by atoms with Gasteiger partial charge in [-0.25, -0.2) is 4.79 Å². The van der Waals surface area contributed by atoms with E-state index in [1.54, 1.807) is 4.90 Å². The molecule has 1 aliphatic carbocycles. The molecule has 1 atom stereocenters. The van der Waals surface area contributed by atoms with Gasteiger partial charge in [-0.2, -0.15) is 0 Å². The summed E-state index contributed by atoms with van der Waals surface area (Å²) in [6.07, 6.45) is 4.32.